The molecule has 1 aromatic rings. The third-order valence-electron chi connectivity index (χ3n) is 3.47. The van der Waals surface area contributed by atoms with E-state index in [4.69, 9.17) is 4.74 Å². The minimum Gasteiger partial charge on any atom is -0.444 e. The van der Waals surface area contributed by atoms with Gasteiger partial charge >= 0.3 is 6.09 Å². The monoisotopic (exact) mass is 294 g/mol. The van der Waals surface area contributed by atoms with Crippen LogP contribution in [0.2, 0.25) is 0 Å². The van der Waals surface area contributed by atoms with Gasteiger partial charge in [-0.2, -0.15) is 5.10 Å². The van der Waals surface area contributed by atoms with E-state index in [0.29, 0.717) is 5.92 Å². The molecule has 0 aromatic carbocycles. The summed E-state index contributed by atoms with van der Waals surface area (Å²) in [7, 11) is 1.90. The van der Waals surface area contributed by atoms with Gasteiger partial charge in [-0.1, -0.05) is 0 Å². The topological polar surface area (TPSA) is 59.4 Å². The smallest absolute Gasteiger partial charge is 0.410 e. The van der Waals surface area contributed by atoms with E-state index in [0.717, 1.165) is 38.2 Å². The Labute approximate surface area is 126 Å². The molecular formula is C15H26N4O2. The minimum absolute atomic E-state index is 0.200. The molecule has 1 saturated heterocycles. The van der Waals surface area contributed by atoms with Gasteiger partial charge in [0.2, 0.25) is 0 Å². The summed E-state index contributed by atoms with van der Waals surface area (Å²) in [6.07, 6.45) is 5.72. The molecule has 1 atom stereocenters. The molecule has 2 rings (SSSR count). The van der Waals surface area contributed by atoms with E-state index in [9.17, 15) is 4.79 Å². The van der Waals surface area contributed by atoms with Crippen molar-refractivity contribution >= 4 is 11.8 Å². The van der Waals surface area contributed by atoms with Crippen molar-refractivity contribution in [3.8, 4) is 0 Å². The van der Waals surface area contributed by atoms with Crippen LogP contribution in [0.4, 0.5) is 10.5 Å². The SMILES string of the molecule is Cn1cc(NCC2CCCN(C(=O)OC(C)(C)C)C2)cn1. The standard InChI is InChI=1S/C15H26N4O2/c1-15(2,3)21-14(20)19-7-5-6-12(10-19)8-16-13-9-17-18(4)11-13/h9,11-12,16H,5-8,10H2,1-4H3. The third kappa shape index (κ3) is 4.95. The van der Waals surface area contributed by atoms with Gasteiger partial charge in [-0.3, -0.25) is 4.68 Å². The lowest BCUT2D eigenvalue weighted by atomic mass is 9.98. The number of rotatable bonds is 3. The molecule has 1 N–H and O–H groups in total. The van der Waals surface area contributed by atoms with E-state index in [-0.39, 0.29) is 6.09 Å². The minimum atomic E-state index is -0.433. The van der Waals surface area contributed by atoms with Crippen LogP contribution >= 0.6 is 0 Å². The maximum atomic E-state index is 12.1. The Morgan fingerprint density at radius 1 is 1.52 bits per heavy atom. The largest absolute Gasteiger partial charge is 0.444 e. The molecule has 21 heavy (non-hydrogen) atoms. The predicted octanol–water partition coefficient (Wildman–Crippen LogP) is 2.48. The number of ether oxygens (including phenoxy) is 1. The number of nitrogens with zero attached hydrogens (tertiary/aromatic N) is 3. The quantitative estimate of drug-likeness (QED) is 0.930. The highest BCUT2D eigenvalue weighted by atomic mass is 16.6. The van der Waals surface area contributed by atoms with Crippen molar-refractivity contribution in [3.63, 3.8) is 0 Å². The van der Waals surface area contributed by atoms with Crippen LogP contribution < -0.4 is 5.32 Å². The van der Waals surface area contributed by atoms with Gasteiger partial charge in [0.15, 0.2) is 0 Å². The zero-order chi connectivity index (χ0) is 15.5. The molecule has 1 aromatic heterocycles. The zero-order valence-electron chi connectivity index (χ0n) is 13.4. The van der Waals surface area contributed by atoms with Crippen molar-refractivity contribution in [3.05, 3.63) is 12.4 Å². The normalized spacial score (nSPS) is 19.4. The summed E-state index contributed by atoms with van der Waals surface area (Å²) in [6, 6.07) is 0. The Balaban J connectivity index is 1.81. The number of hydrogen-bond donors (Lipinski definition) is 1. The van der Waals surface area contributed by atoms with Gasteiger partial charge in [0.25, 0.3) is 0 Å². The second-order valence-electron chi connectivity index (χ2n) is 6.72. The number of amides is 1. The number of nitrogens with one attached hydrogen (secondary N) is 1. The maximum Gasteiger partial charge on any atom is 0.410 e. The Morgan fingerprint density at radius 2 is 2.29 bits per heavy atom. The lowest BCUT2D eigenvalue weighted by Crippen LogP contribution is -2.44. The molecule has 118 valence electrons. The number of piperidine rings is 1. The number of hydrogen-bond acceptors (Lipinski definition) is 4. The van der Waals surface area contributed by atoms with E-state index >= 15 is 0 Å². The van der Waals surface area contributed by atoms with Gasteiger partial charge in [-0.05, 0) is 39.5 Å². The number of likely N-dealkylation sites (tertiary alicyclic amines) is 1. The van der Waals surface area contributed by atoms with Gasteiger partial charge in [-0.25, -0.2) is 4.79 Å². The first-order valence-electron chi connectivity index (χ1n) is 7.54. The van der Waals surface area contributed by atoms with E-state index in [1.54, 1.807) is 4.68 Å². The van der Waals surface area contributed by atoms with Crippen molar-refractivity contribution in [1.29, 1.82) is 0 Å². The fourth-order valence-electron chi connectivity index (χ4n) is 2.50. The fourth-order valence-corrected chi connectivity index (χ4v) is 2.50. The summed E-state index contributed by atoms with van der Waals surface area (Å²) in [5.41, 5.74) is 0.588. The van der Waals surface area contributed by atoms with Crippen LogP contribution in [-0.4, -0.2) is 46.0 Å². The number of aromatic nitrogens is 2. The number of anilines is 1. The van der Waals surface area contributed by atoms with Crippen LogP contribution in [0.1, 0.15) is 33.6 Å². The summed E-state index contributed by atoms with van der Waals surface area (Å²) < 4.78 is 7.22. The summed E-state index contributed by atoms with van der Waals surface area (Å²) in [6.45, 7) is 8.09. The highest BCUT2D eigenvalue weighted by Crippen LogP contribution is 2.20. The van der Waals surface area contributed by atoms with Gasteiger partial charge in [0.1, 0.15) is 5.60 Å². The van der Waals surface area contributed by atoms with Gasteiger partial charge in [0.05, 0.1) is 11.9 Å². The molecule has 1 fully saturated rings. The van der Waals surface area contributed by atoms with E-state index in [1.807, 2.05) is 45.1 Å². The summed E-state index contributed by atoms with van der Waals surface area (Å²) in [5, 5.41) is 7.51. The van der Waals surface area contributed by atoms with Crippen LogP contribution in [0.15, 0.2) is 12.4 Å². The molecule has 0 spiro atoms. The van der Waals surface area contributed by atoms with Gasteiger partial charge in [-0.15, -0.1) is 0 Å². The maximum absolute atomic E-state index is 12.1. The molecule has 1 amide bonds. The second kappa shape index (κ2) is 6.37. The second-order valence-corrected chi connectivity index (χ2v) is 6.72. The van der Waals surface area contributed by atoms with Crippen molar-refractivity contribution in [2.75, 3.05) is 25.0 Å². The van der Waals surface area contributed by atoms with Crippen LogP contribution in [0.5, 0.6) is 0 Å². The average molecular weight is 294 g/mol. The van der Waals surface area contributed by atoms with Crippen molar-refractivity contribution in [1.82, 2.24) is 14.7 Å². The molecule has 0 saturated carbocycles. The van der Waals surface area contributed by atoms with Crippen LogP contribution in [-0.2, 0) is 11.8 Å². The molecular weight excluding hydrogens is 268 g/mol. The Hall–Kier alpha value is -1.72. The number of aryl methyl sites for hydroxylation is 1. The number of carbonyl (C=O) groups is 1. The highest BCUT2D eigenvalue weighted by Gasteiger charge is 2.27. The zero-order valence-corrected chi connectivity index (χ0v) is 13.4. The summed E-state index contributed by atoms with van der Waals surface area (Å²) >= 11 is 0. The molecule has 0 aliphatic carbocycles. The van der Waals surface area contributed by atoms with E-state index < -0.39 is 5.60 Å². The Kier molecular flexibility index (Phi) is 4.75. The first-order valence-corrected chi connectivity index (χ1v) is 7.54. The molecule has 6 nitrogen and oxygen atoms in total. The van der Waals surface area contributed by atoms with Crippen molar-refractivity contribution < 1.29 is 9.53 Å². The number of carbonyl (C=O) groups excluding carboxylic acids is 1. The van der Waals surface area contributed by atoms with E-state index in [1.165, 1.54) is 0 Å². The lowest BCUT2D eigenvalue weighted by molar-refractivity contribution is 0.0172. The van der Waals surface area contributed by atoms with Crippen LogP contribution in [0.25, 0.3) is 0 Å². The molecule has 6 heteroatoms. The molecule has 1 aliphatic rings. The molecule has 1 unspecified atom stereocenters. The van der Waals surface area contributed by atoms with Gasteiger partial charge in [0, 0.05) is 32.9 Å². The average Bonchev–Trinajstić information content (AvgIpc) is 2.81. The molecule has 1 aliphatic heterocycles. The van der Waals surface area contributed by atoms with Crippen LogP contribution in [0.3, 0.4) is 0 Å². The Bertz CT molecular complexity index is 478. The summed E-state index contributed by atoms with van der Waals surface area (Å²) in [4.78, 5) is 13.9. The molecule has 2 heterocycles. The summed E-state index contributed by atoms with van der Waals surface area (Å²) in [5.74, 6) is 0.450. The highest BCUT2D eigenvalue weighted by molar-refractivity contribution is 5.68. The van der Waals surface area contributed by atoms with Gasteiger partial charge < -0.3 is 15.0 Å². The first kappa shape index (κ1) is 15.7. The molecule has 0 radical (unpaired) electrons. The van der Waals surface area contributed by atoms with E-state index in [2.05, 4.69) is 10.4 Å². The third-order valence-corrected chi connectivity index (χ3v) is 3.47. The van der Waals surface area contributed by atoms with Crippen molar-refractivity contribution in [2.24, 2.45) is 13.0 Å². The first-order chi connectivity index (χ1) is 9.83. The fraction of sp³-hybridized carbons (Fsp3) is 0.733. The van der Waals surface area contributed by atoms with Crippen LogP contribution in [0, 0.1) is 5.92 Å². The van der Waals surface area contributed by atoms with Crippen molar-refractivity contribution in [2.45, 2.75) is 39.2 Å². The Morgan fingerprint density at radius 3 is 2.90 bits per heavy atom. The lowest BCUT2D eigenvalue weighted by Gasteiger charge is -2.34. The molecule has 0 bridgehead atoms. The predicted molar refractivity (Wildman–Crippen MR) is 82.2 cm³/mol.